The average molecular weight is 370 g/mol. The maximum Gasteiger partial charge on any atom is 0.310 e. The maximum absolute atomic E-state index is 13.0. The van der Waals surface area contributed by atoms with Crippen molar-refractivity contribution in [2.24, 2.45) is 0 Å². The number of rotatable bonds is 6. The molecule has 0 spiro atoms. The Kier molecular flexibility index (Phi) is 5.06. The van der Waals surface area contributed by atoms with Crippen LogP contribution in [-0.2, 0) is 6.61 Å². The molecule has 0 radical (unpaired) electrons. The van der Waals surface area contributed by atoms with E-state index < -0.39 is 4.92 Å². The second-order valence-corrected chi connectivity index (χ2v) is 5.58. The van der Waals surface area contributed by atoms with E-state index in [1.165, 1.54) is 30.3 Å². The van der Waals surface area contributed by atoms with E-state index in [-0.39, 0.29) is 41.6 Å². The third kappa shape index (κ3) is 4.63. The van der Waals surface area contributed by atoms with E-state index in [1.54, 1.807) is 19.1 Å². The fourth-order valence-electron chi connectivity index (χ4n) is 2.25. The van der Waals surface area contributed by atoms with Gasteiger partial charge in [-0.2, -0.15) is 15.0 Å². The number of benzene rings is 2. The monoisotopic (exact) mass is 370 g/mol. The molecule has 2 aromatic carbocycles. The lowest BCUT2D eigenvalue weighted by molar-refractivity contribution is -0.386. The van der Waals surface area contributed by atoms with Crippen LogP contribution in [0.3, 0.4) is 0 Å². The van der Waals surface area contributed by atoms with Crippen LogP contribution in [0.1, 0.15) is 11.4 Å². The second-order valence-electron chi connectivity index (χ2n) is 5.58. The number of halogens is 1. The number of nitro benzene ring substituents is 1. The topological polar surface area (TPSA) is 129 Å². The smallest absolute Gasteiger partial charge is 0.310 e. The predicted octanol–water partition coefficient (Wildman–Crippen LogP) is 3.13. The summed E-state index contributed by atoms with van der Waals surface area (Å²) in [5.41, 5.74) is 6.89. The van der Waals surface area contributed by atoms with Gasteiger partial charge in [0.25, 0.3) is 0 Å². The summed E-state index contributed by atoms with van der Waals surface area (Å²) in [5.74, 6) is 0.0119. The third-order valence-corrected chi connectivity index (χ3v) is 3.47. The van der Waals surface area contributed by atoms with Crippen molar-refractivity contribution in [2.75, 3.05) is 11.1 Å². The number of nitro groups is 1. The summed E-state index contributed by atoms with van der Waals surface area (Å²) in [6.45, 7) is 1.65. The van der Waals surface area contributed by atoms with Crippen LogP contribution in [0, 0.1) is 22.9 Å². The molecule has 0 aliphatic heterocycles. The molecule has 3 aromatic rings. The van der Waals surface area contributed by atoms with E-state index in [0.717, 1.165) is 5.56 Å². The lowest BCUT2D eigenvalue weighted by Gasteiger charge is -2.09. The molecule has 0 aliphatic carbocycles. The second kappa shape index (κ2) is 7.60. The van der Waals surface area contributed by atoms with Gasteiger partial charge in [0, 0.05) is 11.8 Å². The van der Waals surface area contributed by atoms with E-state index in [2.05, 4.69) is 20.3 Å². The lowest BCUT2D eigenvalue weighted by Crippen LogP contribution is -2.10. The summed E-state index contributed by atoms with van der Waals surface area (Å²) in [6, 6.07) is 10.1. The first kappa shape index (κ1) is 18.0. The molecular formula is C17H15FN6O3. The molecule has 0 atom stereocenters. The highest BCUT2D eigenvalue weighted by molar-refractivity contribution is 5.53. The Bertz CT molecular complexity index is 981. The maximum atomic E-state index is 13.0. The van der Waals surface area contributed by atoms with Gasteiger partial charge in [0.1, 0.15) is 12.4 Å². The number of nitrogens with one attached hydrogen (secondary N) is 1. The van der Waals surface area contributed by atoms with Crippen LogP contribution in [0.5, 0.6) is 5.75 Å². The van der Waals surface area contributed by atoms with E-state index in [1.807, 2.05) is 0 Å². The zero-order valence-corrected chi connectivity index (χ0v) is 14.2. The normalized spacial score (nSPS) is 10.4. The van der Waals surface area contributed by atoms with Crippen molar-refractivity contribution in [3.63, 3.8) is 0 Å². The number of nitrogen functional groups attached to an aromatic ring is 1. The first-order valence-corrected chi connectivity index (χ1v) is 7.81. The van der Waals surface area contributed by atoms with Crippen LogP contribution in [0.15, 0.2) is 42.5 Å². The zero-order valence-electron chi connectivity index (χ0n) is 14.2. The number of aromatic nitrogens is 3. The van der Waals surface area contributed by atoms with Crippen LogP contribution < -0.4 is 15.8 Å². The molecule has 138 valence electrons. The first-order chi connectivity index (χ1) is 12.9. The molecule has 0 unspecified atom stereocenters. The van der Waals surface area contributed by atoms with E-state index in [4.69, 9.17) is 10.5 Å². The van der Waals surface area contributed by atoms with Crippen molar-refractivity contribution >= 4 is 23.3 Å². The van der Waals surface area contributed by atoms with Crippen LogP contribution in [0.25, 0.3) is 0 Å². The van der Waals surface area contributed by atoms with Gasteiger partial charge in [0.05, 0.1) is 4.92 Å². The van der Waals surface area contributed by atoms with E-state index in [9.17, 15) is 14.5 Å². The summed E-state index contributed by atoms with van der Waals surface area (Å²) >= 11 is 0. The van der Waals surface area contributed by atoms with Crippen molar-refractivity contribution in [3.8, 4) is 5.75 Å². The molecule has 0 amide bonds. The summed E-state index contributed by atoms with van der Waals surface area (Å²) in [7, 11) is 0. The molecular weight excluding hydrogens is 355 g/mol. The molecule has 0 fully saturated rings. The highest BCUT2D eigenvalue weighted by Crippen LogP contribution is 2.28. The number of anilines is 3. The fourth-order valence-corrected chi connectivity index (χ4v) is 2.25. The highest BCUT2D eigenvalue weighted by atomic mass is 19.1. The highest BCUT2D eigenvalue weighted by Gasteiger charge is 2.16. The SMILES string of the molecule is Cc1ccc([N+](=O)[O-])c(OCc2nc(N)nc(Nc3ccc(F)cc3)n2)c1. The van der Waals surface area contributed by atoms with Crippen molar-refractivity contribution in [2.45, 2.75) is 13.5 Å². The molecule has 10 heteroatoms. The molecule has 1 aromatic heterocycles. The zero-order chi connectivity index (χ0) is 19.4. The Balaban J connectivity index is 1.78. The summed E-state index contributed by atoms with van der Waals surface area (Å²) in [6.07, 6.45) is 0. The number of nitrogens with two attached hydrogens (primary N) is 1. The Labute approximate surface area is 153 Å². The van der Waals surface area contributed by atoms with E-state index in [0.29, 0.717) is 5.69 Å². The summed E-state index contributed by atoms with van der Waals surface area (Å²) in [5, 5.41) is 14.0. The average Bonchev–Trinajstić information content (AvgIpc) is 2.61. The van der Waals surface area contributed by atoms with Crippen molar-refractivity contribution in [3.05, 3.63) is 69.8 Å². The van der Waals surface area contributed by atoms with Gasteiger partial charge in [-0.15, -0.1) is 0 Å². The first-order valence-electron chi connectivity index (χ1n) is 7.81. The predicted molar refractivity (Wildman–Crippen MR) is 96.1 cm³/mol. The Hall–Kier alpha value is -3.82. The van der Waals surface area contributed by atoms with Crippen molar-refractivity contribution in [1.82, 2.24) is 15.0 Å². The molecule has 0 bridgehead atoms. The van der Waals surface area contributed by atoms with Gasteiger partial charge < -0.3 is 15.8 Å². The van der Waals surface area contributed by atoms with Crippen LogP contribution in [0.4, 0.5) is 27.7 Å². The molecule has 3 N–H and O–H groups in total. The molecule has 27 heavy (non-hydrogen) atoms. The third-order valence-electron chi connectivity index (χ3n) is 3.47. The summed E-state index contributed by atoms with van der Waals surface area (Å²) < 4.78 is 18.5. The number of ether oxygens (including phenoxy) is 1. The molecule has 1 heterocycles. The van der Waals surface area contributed by atoms with Crippen molar-refractivity contribution in [1.29, 1.82) is 0 Å². The van der Waals surface area contributed by atoms with Crippen LogP contribution >= 0.6 is 0 Å². The van der Waals surface area contributed by atoms with Gasteiger partial charge in [-0.05, 0) is 42.8 Å². The molecule has 3 rings (SSSR count). The van der Waals surface area contributed by atoms with Crippen LogP contribution in [0.2, 0.25) is 0 Å². The van der Waals surface area contributed by atoms with Gasteiger partial charge >= 0.3 is 5.69 Å². The Morgan fingerprint density at radius 1 is 1.19 bits per heavy atom. The number of nitrogens with zero attached hydrogens (tertiary/aromatic N) is 4. The van der Waals surface area contributed by atoms with Crippen molar-refractivity contribution < 1.29 is 14.1 Å². The minimum Gasteiger partial charge on any atom is -0.479 e. The molecule has 0 aliphatic rings. The number of aryl methyl sites for hydroxylation is 1. The van der Waals surface area contributed by atoms with Crippen LogP contribution in [-0.4, -0.2) is 19.9 Å². The molecule has 9 nitrogen and oxygen atoms in total. The quantitative estimate of drug-likeness (QED) is 0.500. The molecule has 0 saturated heterocycles. The van der Waals surface area contributed by atoms with E-state index >= 15 is 0 Å². The Morgan fingerprint density at radius 2 is 1.93 bits per heavy atom. The largest absolute Gasteiger partial charge is 0.479 e. The van der Waals surface area contributed by atoms with Gasteiger partial charge in [0.2, 0.25) is 11.9 Å². The van der Waals surface area contributed by atoms with Gasteiger partial charge in [-0.3, -0.25) is 10.1 Å². The van der Waals surface area contributed by atoms with Gasteiger partial charge in [-0.1, -0.05) is 6.07 Å². The summed E-state index contributed by atoms with van der Waals surface area (Å²) in [4.78, 5) is 22.7. The fraction of sp³-hybridized carbons (Fsp3) is 0.118. The minimum absolute atomic E-state index is 0.0491. The minimum atomic E-state index is -0.530. The molecule has 0 saturated carbocycles. The lowest BCUT2D eigenvalue weighted by atomic mass is 10.2. The van der Waals surface area contributed by atoms with Gasteiger partial charge in [-0.25, -0.2) is 4.39 Å². The number of hydrogen-bond acceptors (Lipinski definition) is 8. The standard InChI is InChI=1S/C17H15FN6O3/c1-10-2-7-13(24(25)26)14(8-10)27-9-15-21-16(19)23-17(22-15)20-12-5-3-11(18)4-6-12/h2-8H,9H2,1H3,(H3,19,20,21,22,23). The number of hydrogen-bond donors (Lipinski definition) is 2. The Morgan fingerprint density at radius 3 is 2.63 bits per heavy atom. The van der Waals surface area contributed by atoms with Gasteiger partial charge in [0.15, 0.2) is 11.6 Å².